The van der Waals surface area contributed by atoms with Gasteiger partial charge in [-0.25, -0.2) is 4.39 Å². The van der Waals surface area contributed by atoms with E-state index >= 15 is 0 Å². The molecule has 0 spiro atoms. The fourth-order valence-electron chi connectivity index (χ4n) is 2.05. The Morgan fingerprint density at radius 3 is 2.73 bits per heavy atom. The Hall–Kier alpha value is -2.47. The number of nitrogens with zero attached hydrogens (tertiary/aromatic N) is 1. The summed E-state index contributed by atoms with van der Waals surface area (Å²) in [5.74, 6) is -0.355. The molecule has 1 amide bonds. The van der Waals surface area contributed by atoms with Crippen LogP contribution in [0.15, 0.2) is 48.7 Å². The Morgan fingerprint density at radius 2 is 2.00 bits per heavy atom. The van der Waals surface area contributed by atoms with E-state index < -0.39 is 0 Å². The van der Waals surface area contributed by atoms with Gasteiger partial charge in [0.05, 0.1) is 9.75 Å². The van der Waals surface area contributed by atoms with E-state index in [0.29, 0.717) is 17.8 Å². The van der Waals surface area contributed by atoms with Gasteiger partial charge in [-0.1, -0.05) is 12.1 Å². The summed E-state index contributed by atoms with van der Waals surface area (Å²) in [7, 11) is 0. The van der Waals surface area contributed by atoms with Crippen molar-refractivity contribution in [1.29, 1.82) is 0 Å². The highest BCUT2D eigenvalue weighted by atomic mass is 32.1. The summed E-state index contributed by atoms with van der Waals surface area (Å²) in [5, 5.41) is 9.71. The molecule has 0 aliphatic carbocycles. The number of benzene rings is 1. The summed E-state index contributed by atoms with van der Waals surface area (Å²) < 4.78 is 12.8. The average molecular weight is 315 g/mol. The predicted octanol–water partition coefficient (Wildman–Crippen LogP) is 3.25. The van der Waals surface area contributed by atoms with E-state index in [1.807, 2.05) is 12.1 Å². The Bertz CT molecular complexity index is 750. The van der Waals surface area contributed by atoms with Crippen LogP contribution in [0.3, 0.4) is 0 Å². The highest BCUT2D eigenvalue weighted by Gasteiger charge is 2.10. The molecule has 4 nitrogen and oxygen atoms in total. The zero-order valence-electron chi connectivity index (χ0n) is 11.7. The smallest absolute Gasteiger partial charge is 0.261 e. The van der Waals surface area contributed by atoms with Crippen LogP contribution in [0.2, 0.25) is 0 Å². The molecular formula is C16H14FN3OS. The molecule has 0 unspecified atom stereocenters. The van der Waals surface area contributed by atoms with Crippen molar-refractivity contribution in [3.05, 3.63) is 64.9 Å². The van der Waals surface area contributed by atoms with E-state index in [-0.39, 0.29) is 11.7 Å². The lowest BCUT2D eigenvalue weighted by Crippen LogP contribution is -2.24. The minimum atomic E-state index is -0.253. The molecule has 2 aromatic heterocycles. The molecule has 0 aliphatic rings. The third kappa shape index (κ3) is 3.40. The van der Waals surface area contributed by atoms with Gasteiger partial charge in [-0.3, -0.25) is 9.89 Å². The quantitative estimate of drug-likeness (QED) is 0.759. The number of halogens is 1. The molecule has 0 saturated heterocycles. The van der Waals surface area contributed by atoms with Crippen LogP contribution in [0, 0.1) is 5.82 Å². The maximum Gasteiger partial charge on any atom is 0.261 e. The van der Waals surface area contributed by atoms with E-state index in [4.69, 9.17) is 0 Å². The van der Waals surface area contributed by atoms with Crippen LogP contribution in [0.1, 0.15) is 15.2 Å². The fourth-order valence-corrected chi connectivity index (χ4v) is 2.95. The first-order valence-electron chi connectivity index (χ1n) is 6.85. The van der Waals surface area contributed by atoms with Gasteiger partial charge in [-0.15, -0.1) is 11.3 Å². The number of amides is 1. The normalized spacial score (nSPS) is 10.6. The van der Waals surface area contributed by atoms with Crippen molar-refractivity contribution in [2.24, 2.45) is 0 Å². The molecule has 0 atom stereocenters. The monoisotopic (exact) mass is 315 g/mol. The standard InChI is InChI=1S/C16H14FN3OS/c17-12-3-1-11(2-4-12)7-9-18-16(21)15-6-5-14(22-15)13-8-10-19-20-13/h1-6,8,10H,7,9H2,(H,18,21)(H,19,20). The zero-order chi connectivity index (χ0) is 15.4. The minimum absolute atomic E-state index is 0.103. The Labute approximate surface area is 131 Å². The molecule has 0 bridgehead atoms. The topological polar surface area (TPSA) is 57.8 Å². The molecular weight excluding hydrogens is 301 g/mol. The van der Waals surface area contributed by atoms with E-state index in [9.17, 15) is 9.18 Å². The second-order valence-electron chi connectivity index (χ2n) is 4.76. The Morgan fingerprint density at radius 1 is 1.18 bits per heavy atom. The van der Waals surface area contributed by atoms with Crippen molar-refractivity contribution in [3.8, 4) is 10.6 Å². The van der Waals surface area contributed by atoms with Crippen LogP contribution in [0.5, 0.6) is 0 Å². The number of aromatic amines is 1. The first kappa shape index (κ1) is 14.5. The molecule has 3 aromatic rings. The van der Waals surface area contributed by atoms with Crippen LogP contribution >= 0.6 is 11.3 Å². The van der Waals surface area contributed by atoms with Crippen molar-refractivity contribution < 1.29 is 9.18 Å². The van der Waals surface area contributed by atoms with E-state index in [1.165, 1.54) is 23.5 Å². The molecule has 2 N–H and O–H groups in total. The second kappa shape index (κ2) is 6.53. The number of hydrogen-bond acceptors (Lipinski definition) is 3. The molecule has 112 valence electrons. The van der Waals surface area contributed by atoms with Gasteiger partial charge in [0.25, 0.3) is 5.91 Å². The van der Waals surface area contributed by atoms with Crippen LogP contribution in [-0.4, -0.2) is 22.6 Å². The number of aromatic nitrogens is 2. The first-order chi connectivity index (χ1) is 10.7. The molecule has 2 heterocycles. The van der Waals surface area contributed by atoms with Crippen LogP contribution in [-0.2, 0) is 6.42 Å². The number of carbonyl (C=O) groups excluding carboxylic acids is 1. The summed E-state index contributed by atoms with van der Waals surface area (Å²) in [4.78, 5) is 13.7. The van der Waals surface area contributed by atoms with Crippen LogP contribution in [0.4, 0.5) is 4.39 Å². The molecule has 0 radical (unpaired) electrons. The number of carbonyl (C=O) groups is 1. The number of nitrogens with one attached hydrogen (secondary N) is 2. The molecule has 0 aliphatic heterocycles. The highest BCUT2D eigenvalue weighted by Crippen LogP contribution is 2.26. The number of H-pyrrole nitrogens is 1. The summed E-state index contributed by atoms with van der Waals surface area (Å²) in [6, 6.07) is 11.8. The fraction of sp³-hybridized carbons (Fsp3) is 0.125. The first-order valence-corrected chi connectivity index (χ1v) is 7.66. The Kier molecular flexibility index (Phi) is 4.29. The predicted molar refractivity (Wildman–Crippen MR) is 84.3 cm³/mol. The van der Waals surface area contributed by atoms with Gasteiger partial charge in [0.2, 0.25) is 0 Å². The number of hydrogen-bond donors (Lipinski definition) is 2. The lowest BCUT2D eigenvalue weighted by molar-refractivity contribution is 0.0958. The van der Waals surface area contributed by atoms with Crippen LogP contribution < -0.4 is 5.32 Å². The third-order valence-corrected chi connectivity index (χ3v) is 4.30. The maximum atomic E-state index is 12.8. The SMILES string of the molecule is O=C(NCCc1ccc(F)cc1)c1ccc(-c2cc[nH]n2)s1. The largest absolute Gasteiger partial charge is 0.351 e. The summed E-state index contributed by atoms with van der Waals surface area (Å²) in [6.07, 6.45) is 2.42. The van der Waals surface area contributed by atoms with E-state index in [0.717, 1.165) is 16.1 Å². The Balaban J connectivity index is 1.55. The summed E-state index contributed by atoms with van der Waals surface area (Å²) in [6.45, 7) is 0.514. The molecule has 1 aromatic carbocycles. The van der Waals surface area contributed by atoms with Crippen molar-refractivity contribution >= 4 is 17.2 Å². The van der Waals surface area contributed by atoms with E-state index in [1.54, 1.807) is 24.4 Å². The van der Waals surface area contributed by atoms with Gasteiger partial charge < -0.3 is 5.32 Å². The van der Waals surface area contributed by atoms with Crippen molar-refractivity contribution in [2.45, 2.75) is 6.42 Å². The molecule has 22 heavy (non-hydrogen) atoms. The van der Waals surface area contributed by atoms with E-state index in [2.05, 4.69) is 15.5 Å². The van der Waals surface area contributed by atoms with Crippen molar-refractivity contribution in [2.75, 3.05) is 6.54 Å². The summed E-state index contributed by atoms with van der Waals surface area (Å²) >= 11 is 1.40. The zero-order valence-corrected chi connectivity index (χ0v) is 12.5. The van der Waals surface area contributed by atoms with Gasteiger partial charge >= 0.3 is 0 Å². The number of rotatable bonds is 5. The maximum absolute atomic E-state index is 12.8. The molecule has 0 fully saturated rings. The van der Waals surface area contributed by atoms with Crippen molar-refractivity contribution in [3.63, 3.8) is 0 Å². The molecule has 0 saturated carbocycles. The van der Waals surface area contributed by atoms with Crippen LogP contribution in [0.25, 0.3) is 10.6 Å². The van der Waals surface area contributed by atoms with Gasteiger partial charge in [0.1, 0.15) is 11.5 Å². The minimum Gasteiger partial charge on any atom is -0.351 e. The van der Waals surface area contributed by atoms with Gasteiger partial charge in [0, 0.05) is 12.7 Å². The third-order valence-electron chi connectivity index (χ3n) is 3.20. The lowest BCUT2D eigenvalue weighted by Gasteiger charge is -2.03. The molecule has 3 rings (SSSR count). The van der Waals surface area contributed by atoms with Gasteiger partial charge in [0.15, 0.2) is 0 Å². The molecule has 6 heteroatoms. The average Bonchev–Trinajstić information content (AvgIpc) is 3.20. The highest BCUT2D eigenvalue weighted by molar-refractivity contribution is 7.17. The number of thiophene rings is 1. The summed E-state index contributed by atoms with van der Waals surface area (Å²) in [5.41, 5.74) is 1.82. The van der Waals surface area contributed by atoms with Crippen molar-refractivity contribution in [1.82, 2.24) is 15.5 Å². The second-order valence-corrected chi connectivity index (χ2v) is 5.84. The van der Waals surface area contributed by atoms with Gasteiger partial charge in [-0.2, -0.15) is 5.10 Å². The van der Waals surface area contributed by atoms with Gasteiger partial charge in [-0.05, 0) is 42.3 Å². The lowest BCUT2D eigenvalue weighted by atomic mass is 10.1.